The van der Waals surface area contributed by atoms with Crippen molar-refractivity contribution in [2.75, 3.05) is 11.9 Å². The highest BCUT2D eigenvalue weighted by Crippen LogP contribution is 2.65. The van der Waals surface area contributed by atoms with Crippen LogP contribution < -0.4 is 5.32 Å². The number of halogens is 1. The van der Waals surface area contributed by atoms with Gasteiger partial charge in [0.25, 0.3) is 5.91 Å². The molecule has 8 heteroatoms. The Labute approximate surface area is 183 Å². The van der Waals surface area contributed by atoms with Crippen molar-refractivity contribution in [3.63, 3.8) is 0 Å². The molecule has 5 aliphatic rings. The van der Waals surface area contributed by atoms with E-state index in [0.29, 0.717) is 24.1 Å². The third-order valence-electron chi connectivity index (χ3n) is 8.36. The zero-order chi connectivity index (χ0) is 22.1. The lowest BCUT2D eigenvalue weighted by atomic mass is 9.43. The molecule has 1 aromatic rings. The molecule has 5 unspecified atom stereocenters. The maximum absolute atomic E-state index is 14.7. The molecule has 6 nitrogen and oxygen atoms in total. The summed E-state index contributed by atoms with van der Waals surface area (Å²) in [4.78, 5) is 26.1. The third kappa shape index (κ3) is 3.13. The van der Waals surface area contributed by atoms with Crippen LogP contribution in [0.2, 0.25) is 0 Å². The molecule has 0 radical (unpaired) electrons. The van der Waals surface area contributed by atoms with E-state index in [9.17, 15) is 14.0 Å². The van der Waals surface area contributed by atoms with E-state index < -0.39 is 12.9 Å². The molecule has 2 aliphatic heterocycles. The standard InChI is InChI=1S/C23H30BFN2O4/c1-13(28)26-15-7-8-16(17(25)12-15)21(29)27-9-5-6-20(27)24-30-19-11-14-10-18(22(14,2)3)23(19,4)31-24/h7-8,12,14,18-20H,5-6,9-11H2,1-4H3,(H,26,28). The van der Waals surface area contributed by atoms with E-state index in [2.05, 4.69) is 26.1 Å². The van der Waals surface area contributed by atoms with E-state index in [0.717, 1.165) is 19.3 Å². The summed E-state index contributed by atoms with van der Waals surface area (Å²) in [5, 5.41) is 2.54. The minimum atomic E-state index is -0.640. The molecule has 5 fully saturated rings. The van der Waals surface area contributed by atoms with Gasteiger partial charge in [0, 0.05) is 19.2 Å². The molecule has 2 saturated heterocycles. The topological polar surface area (TPSA) is 67.9 Å². The summed E-state index contributed by atoms with van der Waals surface area (Å²) < 4.78 is 27.7. The highest BCUT2D eigenvalue weighted by Gasteiger charge is 2.69. The van der Waals surface area contributed by atoms with Crippen LogP contribution in [0.1, 0.15) is 63.7 Å². The third-order valence-corrected chi connectivity index (χ3v) is 8.36. The van der Waals surface area contributed by atoms with Crippen molar-refractivity contribution in [1.82, 2.24) is 4.90 Å². The lowest BCUT2D eigenvalue weighted by Gasteiger charge is -2.64. The molecular weight excluding hydrogens is 398 g/mol. The highest BCUT2D eigenvalue weighted by molar-refractivity contribution is 6.48. The van der Waals surface area contributed by atoms with Gasteiger partial charge in [0.1, 0.15) is 5.82 Å². The van der Waals surface area contributed by atoms with Gasteiger partial charge in [-0.1, -0.05) is 13.8 Å². The fraction of sp³-hybridized carbons (Fsp3) is 0.652. The van der Waals surface area contributed by atoms with Crippen LogP contribution in [0, 0.1) is 23.1 Å². The predicted molar refractivity (Wildman–Crippen MR) is 115 cm³/mol. The van der Waals surface area contributed by atoms with Crippen molar-refractivity contribution in [3.05, 3.63) is 29.6 Å². The number of nitrogens with zero attached hydrogens (tertiary/aromatic N) is 1. The Kier molecular flexibility index (Phi) is 4.76. The molecular formula is C23H30BFN2O4. The number of hydrogen-bond acceptors (Lipinski definition) is 4. The van der Waals surface area contributed by atoms with Gasteiger partial charge in [-0.3, -0.25) is 9.59 Å². The van der Waals surface area contributed by atoms with E-state index in [-0.39, 0.29) is 40.4 Å². The van der Waals surface area contributed by atoms with Crippen LogP contribution in [0.25, 0.3) is 0 Å². The van der Waals surface area contributed by atoms with Crippen molar-refractivity contribution in [2.24, 2.45) is 17.3 Å². The SMILES string of the molecule is CC(=O)Nc1ccc(C(=O)N2CCCC2B2OC3CC4CC(C4(C)C)C3(C)O2)c(F)c1. The molecule has 2 bridgehead atoms. The first-order chi connectivity index (χ1) is 14.6. The summed E-state index contributed by atoms with van der Waals surface area (Å²) in [6.45, 7) is 8.72. The first-order valence-electron chi connectivity index (χ1n) is 11.3. The maximum atomic E-state index is 14.7. The zero-order valence-corrected chi connectivity index (χ0v) is 18.6. The Hall–Kier alpha value is -1.93. The van der Waals surface area contributed by atoms with Crippen molar-refractivity contribution >= 4 is 24.6 Å². The molecule has 3 saturated carbocycles. The Morgan fingerprint density at radius 2 is 2.03 bits per heavy atom. The molecule has 166 valence electrons. The summed E-state index contributed by atoms with van der Waals surface area (Å²) in [7, 11) is -0.474. The van der Waals surface area contributed by atoms with Crippen LogP contribution in [-0.4, -0.2) is 48.0 Å². The predicted octanol–water partition coefficient (Wildman–Crippen LogP) is 3.66. The number of anilines is 1. The molecule has 0 aromatic heterocycles. The van der Waals surface area contributed by atoms with Gasteiger partial charge in [-0.2, -0.15) is 0 Å². The molecule has 5 atom stereocenters. The molecule has 31 heavy (non-hydrogen) atoms. The largest absolute Gasteiger partial charge is 0.481 e. The van der Waals surface area contributed by atoms with Crippen molar-refractivity contribution < 1.29 is 23.3 Å². The van der Waals surface area contributed by atoms with Crippen molar-refractivity contribution in [2.45, 2.75) is 71.0 Å². The van der Waals surface area contributed by atoms with E-state index in [1.807, 2.05) is 0 Å². The van der Waals surface area contributed by atoms with Crippen LogP contribution in [0.4, 0.5) is 10.1 Å². The van der Waals surface area contributed by atoms with Crippen molar-refractivity contribution in [3.8, 4) is 0 Å². The summed E-state index contributed by atoms with van der Waals surface area (Å²) in [6.07, 6.45) is 3.85. The second-order valence-corrected chi connectivity index (χ2v) is 10.4. The Balaban J connectivity index is 1.34. The number of benzene rings is 1. The van der Waals surface area contributed by atoms with E-state index in [1.165, 1.54) is 25.5 Å². The number of amides is 2. The quantitative estimate of drug-likeness (QED) is 0.747. The Bertz CT molecular complexity index is 940. The summed E-state index contributed by atoms with van der Waals surface area (Å²) in [5.74, 6) is -0.382. The number of nitrogens with one attached hydrogen (secondary N) is 1. The monoisotopic (exact) mass is 428 g/mol. The molecule has 6 rings (SSSR count). The molecule has 0 spiro atoms. The van der Waals surface area contributed by atoms with Gasteiger partial charge in [-0.25, -0.2) is 4.39 Å². The van der Waals surface area contributed by atoms with Gasteiger partial charge in [-0.15, -0.1) is 0 Å². The summed E-state index contributed by atoms with van der Waals surface area (Å²) in [5.41, 5.74) is 0.269. The zero-order valence-electron chi connectivity index (χ0n) is 18.6. The Morgan fingerprint density at radius 1 is 1.26 bits per heavy atom. The maximum Gasteiger partial charge on any atom is 0.481 e. The highest BCUT2D eigenvalue weighted by atomic mass is 19.1. The van der Waals surface area contributed by atoms with Crippen LogP contribution in [0.5, 0.6) is 0 Å². The smallest absolute Gasteiger partial charge is 0.404 e. The summed E-state index contributed by atoms with van der Waals surface area (Å²) in [6, 6.07) is 4.18. The first-order valence-corrected chi connectivity index (χ1v) is 11.3. The van der Waals surface area contributed by atoms with Gasteiger partial charge in [0.2, 0.25) is 5.91 Å². The molecule has 1 N–H and O–H groups in total. The van der Waals surface area contributed by atoms with Crippen molar-refractivity contribution in [1.29, 1.82) is 0 Å². The van der Waals surface area contributed by atoms with Gasteiger partial charge < -0.3 is 19.5 Å². The second-order valence-electron chi connectivity index (χ2n) is 10.4. The number of carbonyl (C=O) groups excluding carboxylic acids is 2. The lowest BCUT2D eigenvalue weighted by molar-refractivity contribution is -0.199. The normalized spacial score (nSPS) is 35.5. The minimum Gasteiger partial charge on any atom is -0.404 e. The number of likely N-dealkylation sites (tertiary alicyclic amines) is 1. The van der Waals surface area contributed by atoms with Gasteiger partial charge in [-0.05, 0) is 68.1 Å². The molecule has 2 amide bonds. The number of carbonyl (C=O) groups is 2. The first kappa shape index (κ1) is 20.9. The van der Waals surface area contributed by atoms with E-state index in [4.69, 9.17) is 9.31 Å². The fourth-order valence-corrected chi connectivity index (χ4v) is 6.52. The molecule has 3 aliphatic carbocycles. The minimum absolute atomic E-state index is 0.00557. The number of rotatable bonds is 3. The van der Waals surface area contributed by atoms with Crippen LogP contribution in [0.3, 0.4) is 0 Å². The second kappa shape index (κ2) is 7.04. The average molecular weight is 428 g/mol. The number of hydrogen-bond donors (Lipinski definition) is 1. The van der Waals surface area contributed by atoms with Gasteiger partial charge in [0.05, 0.1) is 23.2 Å². The average Bonchev–Trinajstić information content (AvgIpc) is 3.30. The van der Waals surface area contributed by atoms with E-state index in [1.54, 1.807) is 11.0 Å². The lowest BCUT2D eigenvalue weighted by Crippen LogP contribution is -2.65. The van der Waals surface area contributed by atoms with Crippen LogP contribution in [-0.2, 0) is 14.1 Å². The summed E-state index contributed by atoms with van der Waals surface area (Å²) >= 11 is 0. The van der Waals surface area contributed by atoms with Gasteiger partial charge in [0.15, 0.2) is 0 Å². The Morgan fingerprint density at radius 3 is 2.71 bits per heavy atom. The van der Waals surface area contributed by atoms with Crippen LogP contribution in [0.15, 0.2) is 18.2 Å². The van der Waals surface area contributed by atoms with Crippen LogP contribution >= 0.6 is 0 Å². The molecule has 1 aromatic carbocycles. The molecule has 2 heterocycles. The van der Waals surface area contributed by atoms with Gasteiger partial charge >= 0.3 is 7.12 Å². The van der Waals surface area contributed by atoms with E-state index >= 15 is 0 Å². The fourth-order valence-electron chi connectivity index (χ4n) is 6.52.